The van der Waals surface area contributed by atoms with Crippen LogP contribution in [-0.2, 0) is 0 Å². The molecule has 318 valence electrons. The molecule has 0 fully saturated rings. The zero-order valence-corrected chi connectivity index (χ0v) is 48.4. The van der Waals surface area contributed by atoms with Gasteiger partial charge in [0.2, 0.25) is 0 Å². The molecule has 2 aliphatic heterocycles. The molecule has 0 radical (unpaired) electrons. The van der Waals surface area contributed by atoms with Crippen LogP contribution in [0.3, 0.4) is 0 Å². The lowest BCUT2D eigenvalue weighted by atomic mass is 9.30. The summed E-state index contributed by atoms with van der Waals surface area (Å²) in [6.07, 6.45) is 0. The van der Waals surface area contributed by atoms with Crippen LogP contribution in [0.25, 0.3) is 38.6 Å². The number of ether oxygens (including phenoxy) is 2. The molecule has 1 unspecified atom stereocenters. The summed E-state index contributed by atoms with van der Waals surface area (Å²) in [5, 5.41) is 2.80. The summed E-state index contributed by atoms with van der Waals surface area (Å²) < 4.78 is 18.1. The van der Waals surface area contributed by atoms with Crippen LogP contribution in [0.4, 0.5) is 0 Å². The normalized spacial score (nSPS) is 13.9. The molecule has 29 heteroatoms. The number of fused-ring (bicyclic) bond motifs is 10. The molecule has 0 saturated carbocycles. The van der Waals surface area contributed by atoms with E-state index in [1.54, 1.807) is 0 Å². The number of benzene rings is 7. The van der Waals surface area contributed by atoms with E-state index in [1.807, 2.05) is 0 Å². The lowest BCUT2D eigenvalue weighted by Crippen LogP contribution is -2.73. The topological polar surface area (TPSA) is 23.4 Å². The average molecular weight is 895 g/mol. The summed E-state index contributed by atoms with van der Waals surface area (Å²) >= 11 is 0. The Kier molecular flexibility index (Phi) is 11.3. The molecule has 8 aromatic rings. The van der Waals surface area contributed by atoms with Crippen molar-refractivity contribution < 1.29 is 9.47 Å². The molecule has 0 spiro atoms. The molecule has 7 aromatic carbocycles. The fourth-order valence-corrected chi connectivity index (χ4v) is 14.8. The first-order valence-corrected chi connectivity index (χ1v) is 26.7. The number of hydrogen-bond acceptors (Lipinski definition) is 2. The minimum Gasteiger partial charge on any atom is -0.460 e. The summed E-state index contributed by atoms with van der Waals surface area (Å²) in [5.74, 6) is 3.86. The highest BCUT2D eigenvalue weighted by Gasteiger charge is 2.48. The van der Waals surface area contributed by atoms with Crippen molar-refractivity contribution in [2.24, 2.45) is 0 Å². The van der Waals surface area contributed by atoms with Gasteiger partial charge in [-0.3, -0.25) is 0 Å². The maximum Gasteiger partial charge on any atom is 0.259 e. The van der Waals surface area contributed by atoms with E-state index >= 15 is 0 Å². The predicted octanol–water partition coefficient (Wildman–Crippen LogP) is -34.9. The number of hydrogen-bond donors (Lipinski definition) is 0. The second-order valence-corrected chi connectivity index (χ2v) is 23.4. The molecule has 0 saturated heterocycles. The van der Waals surface area contributed by atoms with Crippen molar-refractivity contribution in [3.63, 3.8) is 0 Å². The van der Waals surface area contributed by atoms with Crippen LogP contribution in [0.15, 0.2) is 0 Å². The van der Waals surface area contributed by atoms with Gasteiger partial charge < -0.3 is 14.0 Å². The molecule has 3 nitrogen and oxygen atoms in total. The first-order chi connectivity index (χ1) is 33.7. The van der Waals surface area contributed by atoms with Gasteiger partial charge in [0, 0.05) is 28.1 Å². The fourth-order valence-electron chi connectivity index (χ4n) is 14.8. The highest BCUT2D eigenvalue weighted by atomic mass is 16.5. The zero-order valence-electron chi connectivity index (χ0n) is 48.4. The summed E-state index contributed by atoms with van der Waals surface area (Å²) in [4.78, 5) is 0. The summed E-state index contributed by atoms with van der Waals surface area (Å²) in [5.41, 5.74) is 48.2. The van der Waals surface area contributed by atoms with E-state index in [0.29, 0.717) is 0 Å². The van der Waals surface area contributed by atoms with Gasteiger partial charge in [-0.2, -0.15) is 0 Å². The second kappa shape index (κ2) is 16.3. The minimum absolute atomic E-state index is 0.0295. The second-order valence-electron chi connectivity index (χ2n) is 23.4. The Balaban J connectivity index is 1.38. The van der Waals surface area contributed by atoms with Crippen molar-refractivity contribution in [1.29, 1.82) is 0 Å². The van der Waals surface area contributed by atoms with Crippen molar-refractivity contribution in [1.82, 2.24) is 4.57 Å². The fraction of sp³-hybridized carbons (Fsp3) is 0.0233. The van der Waals surface area contributed by atoms with E-state index in [9.17, 15) is 0 Å². The number of rotatable bonds is 2. The van der Waals surface area contributed by atoms with E-state index in [2.05, 4.69) is 201 Å². The minimum atomic E-state index is -0.116. The lowest BCUT2D eigenvalue weighted by molar-refractivity contribution is 0.473. The van der Waals surface area contributed by atoms with Gasteiger partial charge in [0.1, 0.15) is 219 Å². The van der Waals surface area contributed by atoms with E-state index < -0.39 is 0 Å². The van der Waals surface area contributed by atoms with Gasteiger partial charge in [0.25, 0.3) is 6.71 Å². The van der Waals surface area contributed by atoms with Crippen molar-refractivity contribution in [2.45, 2.75) is 5.92 Å². The molecular weight excluding hydrogens is 844 g/mol. The van der Waals surface area contributed by atoms with Gasteiger partial charge in [-0.15, -0.1) is 32.8 Å². The molecule has 1 aromatic heterocycles. The molecule has 0 bridgehead atoms. The first kappa shape index (κ1) is 49.8. The van der Waals surface area contributed by atoms with Crippen LogP contribution < -0.4 is 162 Å². The summed E-state index contributed by atoms with van der Waals surface area (Å²) in [6, 6.07) is 0. The van der Waals surface area contributed by atoms with E-state index in [1.165, 1.54) is 208 Å². The van der Waals surface area contributed by atoms with Gasteiger partial charge in [0.05, 0.1) is 0 Å². The summed E-state index contributed by atoms with van der Waals surface area (Å²) in [7, 11) is 58.7. The Bertz CT molecular complexity index is 3840. The van der Waals surface area contributed by atoms with Crippen LogP contribution >= 0.6 is 0 Å². The van der Waals surface area contributed by atoms with Gasteiger partial charge in [-0.1, -0.05) is 92.9 Å². The third kappa shape index (κ3) is 5.90. The smallest absolute Gasteiger partial charge is 0.259 e. The van der Waals surface area contributed by atoms with Crippen LogP contribution in [0.5, 0.6) is 23.0 Å². The molecule has 11 rings (SSSR count). The molecule has 3 aliphatic rings. The van der Waals surface area contributed by atoms with Crippen LogP contribution in [-0.4, -0.2) is 207 Å². The highest BCUT2D eigenvalue weighted by molar-refractivity contribution is 7.03. The maximum absolute atomic E-state index is 7.68. The molecule has 1 aliphatic carbocycles. The Hall–Kier alpha value is -4.37. The van der Waals surface area contributed by atoms with Crippen molar-refractivity contribution in [3.8, 4) is 39.8 Å². The zero-order chi connectivity index (χ0) is 52.4. The highest BCUT2D eigenvalue weighted by Crippen LogP contribution is 2.48. The lowest BCUT2D eigenvalue weighted by Gasteiger charge is -2.41. The molecule has 3 heterocycles. The van der Waals surface area contributed by atoms with Crippen molar-refractivity contribution in [3.05, 3.63) is 16.7 Å². The predicted molar refractivity (Wildman–Crippen MR) is 396 cm³/mol. The van der Waals surface area contributed by atoms with Gasteiger partial charge >= 0.3 is 0 Å². The maximum atomic E-state index is 7.68. The average Bonchev–Trinajstić information content (AvgIpc) is 3.90. The Morgan fingerprint density at radius 2 is 0.583 bits per heavy atom. The Morgan fingerprint density at radius 3 is 1.01 bits per heavy atom. The SMILES string of the molecule is Bc1c(B)c(B)c2c(c1B)Oc1c(B)c(C3c4c(B)c(B)c(B)c(B)c4-c4c(B)c(B)c(B)c(-n5c6c(B)c(B)c(B)c(B)c6c6c(B)c(B)c(B)c(B)c65)c43)c(B)c3c1B2c1c(B)c(B)c(B)c(B)c1O3. The molecular formula is C43H51B26NO2. The van der Waals surface area contributed by atoms with E-state index in [0.717, 1.165) is 23.0 Å². The van der Waals surface area contributed by atoms with Crippen molar-refractivity contribution >= 4 is 378 Å². The standard InChI is InChI=1S/C43H51B26NO2/c44-9-2-1(6-14(49)40-36-41(15(6)50)72-43-33(68)26(61)22(57)28(63)35(43)69(36)34-27(62)21(56)25(60)32(67)42(34)71-40)5-4(3(2)10(45)17(52)16(9)51)11(46)20(55)29(64)37(5)70-38-7(12(47)18(53)23(58)30(38)65)8-13(48)19(54)24(59)31(66)39(8)70/h1H,44-68H2. The van der Waals surface area contributed by atoms with Gasteiger partial charge in [-0.25, -0.2) is 0 Å². The van der Waals surface area contributed by atoms with Crippen molar-refractivity contribution in [2.75, 3.05) is 0 Å². The number of aromatic nitrogens is 1. The van der Waals surface area contributed by atoms with E-state index in [-0.39, 0.29) is 12.6 Å². The molecule has 1 atom stereocenters. The summed E-state index contributed by atoms with van der Waals surface area (Å²) in [6.45, 7) is -0.0295. The Labute approximate surface area is 451 Å². The van der Waals surface area contributed by atoms with Crippen LogP contribution in [0, 0.1) is 0 Å². The monoisotopic (exact) mass is 900 g/mol. The largest absolute Gasteiger partial charge is 0.460 e. The first-order valence-electron chi connectivity index (χ1n) is 26.7. The van der Waals surface area contributed by atoms with Crippen LogP contribution in [0.1, 0.15) is 22.6 Å². The molecule has 72 heavy (non-hydrogen) atoms. The van der Waals surface area contributed by atoms with E-state index in [4.69, 9.17) is 9.47 Å². The quantitative estimate of drug-likeness (QED) is 0.161. The molecule has 0 N–H and O–H groups in total. The third-order valence-electron chi connectivity index (χ3n) is 21.1. The molecule has 0 amide bonds. The van der Waals surface area contributed by atoms with Crippen LogP contribution in [0.2, 0.25) is 0 Å². The van der Waals surface area contributed by atoms with Gasteiger partial charge in [-0.05, 0) is 60.4 Å². The third-order valence-corrected chi connectivity index (χ3v) is 21.1. The van der Waals surface area contributed by atoms with Gasteiger partial charge in [0.15, 0.2) is 0 Å². The Morgan fingerprint density at radius 1 is 0.264 bits per heavy atom. The number of nitrogens with zero attached hydrogens (tertiary/aromatic N) is 1.